The largest absolute Gasteiger partial charge is 0.494 e. The summed E-state index contributed by atoms with van der Waals surface area (Å²) in [6.07, 6.45) is 0.468. The van der Waals surface area contributed by atoms with Gasteiger partial charge in [-0.3, -0.25) is 4.79 Å². The number of hydrogen-bond donors (Lipinski definition) is 1. The van der Waals surface area contributed by atoms with E-state index in [1.54, 1.807) is 19.9 Å². The number of aryl methyl sites for hydroxylation is 2. The second kappa shape index (κ2) is 9.85. The van der Waals surface area contributed by atoms with Gasteiger partial charge in [-0.2, -0.15) is 13.2 Å². The van der Waals surface area contributed by atoms with E-state index >= 15 is 0 Å². The molecule has 0 aliphatic heterocycles. The molecule has 1 unspecified atom stereocenters. The first-order chi connectivity index (χ1) is 13.7. The molecule has 2 rings (SSSR count). The topological polar surface area (TPSA) is 47.6 Å². The number of benzene rings is 1. The molecular weight excluding hydrogens is 383 g/mol. The molecule has 0 spiro atoms. The highest BCUT2D eigenvalue weighted by atomic mass is 19.4. The number of carbonyl (C=O) groups excluding carboxylic acids is 1. The summed E-state index contributed by atoms with van der Waals surface area (Å²) >= 11 is 0. The van der Waals surface area contributed by atoms with Crippen LogP contribution in [-0.2, 0) is 22.1 Å². The number of amides is 1. The average Bonchev–Trinajstić information content (AvgIpc) is 2.66. The fraction of sp³-hybridized carbons (Fsp3) is 0.500. The molecule has 1 aromatic rings. The first-order valence-corrected chi connectivity index (χ1v) is 9.86. The number of alkyl halides is 3. The molecule has 0 saturated heterocycles. The molecule has 1 aliphatic rings. The molecule has 7 heteroatoms. The standard InChI is InChI=1S/C22H28F3NO3/c1-5-15-12-17(22(23,24)25)20(11-14(15)4)29-13-16-18(26-21(27)6-2)9-8-10-19(16)28-7-3/h8,10-12,18H,5-7,9,13H2,1-4H3,(H,26,27). The van der Waals surface area contributed by atoms with Gasteiger partial charge < -0.3 is 14.8 Å². The molecule has 1 aliphatic carbocycles. The summed E-state index contributed by atoms with van der Waals surface area (Å²) in [6, 6.07) is 2.21. The van der Waals surface area contributed by atoms with Crippen molar-refractivity contribution in [3.63, 3.8) is 0 Å². The molecule has 1 amide bonds. The summed E-state index contributed by atoms with van der Waals surface area (Å²) in [5.41, 5.74) is 1.21. The van der Waals surface area contributed by atoms with Crippen molar-refractivity contribution in [2.24, 2.45) is 0 Å². The molecule has 0 heterocycles. The van der Waals surface area contributed by atoms with Crippen LogP contribution in [0.4, 0.5) is 13.2 Å². The van der Waals surface area contributed by atoms with Crippen molar-refractivity contribution < 1.29 is 27.4 Å². The summed E-state index contributed by atoms with van der Waals surface area (Å²) in [6.45, 7) is 7.44. The average molecular weight is 411 g/mol. The van der Waals surface area contributed by atoms with E-state index in [0.717, 1.165) is 11.6 Å². The van der Waals surface area contributed by atoms with E-state index in [4.69, 9.17) is 9.47 Å². The Morgan fingerprint density at radius 3 is 2.52 bits per heavy atom. The van der Waals surface area contributed by atoms with Gasteiger partial charge in [0, 0.05) is 12.0 Å². The van der Waals surface area contributed by atoms with Gasteiger partial charge in [0.05, 0.1) is 18.2 Å². The fourth-order valence-corrected chi connectivity index (χ4v) is 3.25. The summed E-state index contributed by atoms with van der Waals surface area (Å²) in [7, 11) is 0. The maximum Gasteiger partial charge on any atom is 0.419 e. The summed E-state index contributed by atoms with van der Waals surface area (Å²) in [5, 5.41) is 2.89. The van der Waals surface area contributed by atoms with Gasteiger partial charge in [0.2, 0.25) is 5.91 Å². The van der Waals surface area contributed by atoms with E-state index in [-0.39, 0.29) is 24.3 Å². The normalized spacial score (nSPS) is 16.7. The van der Waals surface area contributed by atoms with Crippen LogP contribution < -0.4 is 10.1 Å². The van der Waals surface area contributed by atoms with Gasteiger partial charge in [-0.25, -0.2) is 0 Å². The minimum Gasteiger partial charge on any atom is -0.494 e. The molecule has 0 bridgehead atoms. The van der Waals surface area contributed by atoms with Crippen LogP contribution in [0.1, 0.15) is 50.3 Å². The maximum atomic E-state index is 13.6. The van der Waals surface area contributed by atoms with E-state index in [0.29, 0.717) is 42.8 Å². The molecule has 1 aromatic carbocycles. The molecule has 160 valence electrons. The highest BCUT2D eigenvalue weighted by Crippen LogP contribution is 2.38. The Bertz CT molecular complexity index is 797. The lowest BCUT2D eigenvalue weighted by atomic mass is 9.97. The molecule has 0 saturated carbocycles. The number of allylic oxidation sites excluding steroid dienone is 1. The highest BCUT2D eigenvalue weighted by Gasteiger charge is 2.35. The Morgan fingerprint density at radius 1 is 1.21 bits per heavy atom. The third-order valence-electron chi connectivity index (χ3n) is 4.84. The van der Waals surface area contributed by atoms with Gasteiger partial charge >= 0.3 is 6.18 Å². The molecule has 0 aromatic heterocycles. The van der Waals surface area contributed by atoms with E-state index in [1.165, 1.54) is 6.07 Å². The lowest BCUT2D eigenvalue weighted by Crippen LogP contribution is -2.39. The van der Waals surface area contributed by atoms with Crippen LogP contribution in [0.3, 0.4) is 0 Å². The van der Waals surface area contributed by atoms with Gasteiger partial charge in [-0.05, 0) is 56.0 Å². The molecular formula is C22H28F3NO3. The Kier molecular flexibility index (Phi) is 7.76. The Hall–Kier alpha value is -2.44. The SMILES string of the molecule is CCOC1=C(COc2cc(C)c(CC)cc2C(F)(F)F)C(NC(=O)CC)CC=C1. The van der Waals surface area contributed by atoms with Crippen molar-refractivity contribution in [3.05, 3.63) is 52.3 Å². The predicted octanol–water partition coefficient (Wildman–Crippen LogP) is 5.10. The predicted molar refractivity (Wildman–Crippen MR) is 106 cm³/mol. The number of hydrogen-bond acceptors (Lipinski definition) is 3. The number of nitrogens with one attached hydrogen (secondary N) is 1. The number of ether oxygens (including phenoxy) is 2. The van der Waals surface area contributed by atoms with E-state index in [2.05, 4.69) is 5.32 Å². The maximum absolute atomic E-state index is 13.6. The fourth-order valence-electron chi connectivity index (χ4n) is 3.25. The zero-order valence-electron chi connectivity index (χ0n) is 17.3. The molecule has 1 N–H and O–H groups in total. The van der Waals surface area contributed by atoms with Crippen LogP contribution in [-0.4, -0.2) is 25.2 Å². The van der Waals surface area contributed by atoms with Crippen LogP contribution in [0.5, 0.6) is 5.75 Å². The second-order valence-corrected chi connectivity index (χ2v) is 6.85. The Labute approximate surface area is 169 Å². The van der Waals surface area contributed by atoms with Crippen molar-refractivity contribution >= 4 is 5.91 Å². The van der Waals surface area contributed by atoms with Crippen molar-refractivity contribution in [1.82, 2.24) is 5.32 Å². The molecule has 0 radical (unpaired) electrons. The van der Waals surface area contributed by atoms with Gasteiger partial charge in [0.25, 0.3) is 0 Å². The minimum atomic E-state index is -4.52. The first kappa shape index (κ1) is 22.8. The van der Waals surface area contributed by atoms with Crippen LogP contribution >= 0.6 is 0 Å². The highest BCUT2D eigenvalue weighted by molar-refractivity contribution is 5.76. The smallest absolute Gasteiger partial charge is 0.419 e. The Balaban J connectivity index is 2.36. The van der Waals surface area contributed by atoms with E-state index < -0.39 is 11.7 Å². The van der Waals surface area contributed by atoms with Crippen LogP contribution in [0.15, 0.2) is 35.6 Å². The zero-order chi connectivity index (χ0) is 21.6. The van der Waals surface area contributed by atoms with E-state index in [9.17, 15) is 18.0 Å². The van der Waals surface area contributed by atoms with Crippen LogP contribution in [0.2, 0.25) is 0 Å². The van der Waals surface area contributed by atoms with Gasteiger partial charge in [-0.15, -0.1) is 0 Å². The Morgan fingerprint density at radius 2 is 1.93 bits per heavy atom. The zero-order valence-corrected chi connectivity index (χ0v) is 17.3. The minimum absolute atomic E-state index is 0.109. The third kappa shape index (κ3) is 5.78. The van der Waals surface area contributed by atoms with Crippen LogP contribution in [0.25, 0.3) is 0 Å². The third-order valence-corrected chi connectivity index (χ3v) is 4.84. The van der Waals surface area contributed by atoms with Crippen molar-refractivity contribution in [3.8, 4) is 5.75 Å². The number of carbonyl (C=O) groups is 1. The summed E-state index contributed by atoms with van der Waals surface area (Å²) in [4.78, 5) is 11.9. The lowest BCUT2D eigenvalue weighted by molar-refractivity contribution is -0.139. The van der Waals surface area contributed by atoms with Crippen LogP contribution in [0, 0.1) is 6.92 Å². The van der Waals surface area contributed by atoms with Crippen molar-refractivity contribution in [2.75, 3.05) is 13.2 Å². The molecule has 4 nitrogen and oxygen atoms in total. The molecule has 29 heavy (non-hydrogen) atoms. The molecule has 0 fully saturated rings. The van der Waals surface area contributed by atoms with Gasteiger partial charge in [-0.1, -0.05) is 19.9 Å². The van der Waals surface area contributed by atoms with Crippen molar-refractivity contribution in [1.29, 1.82) is 0 Å². The molecule has 1 atom stereocenters. The summed E-state index contributed by atoms with van der Waals surface area (Å²) in [5.74, 6) is 0.166. The quantitative estimate of drug-likeness (QED) is 0.647. The monoisotopic (exact) mass is 411 g/mol. The van der Waals surface area contributed by atoms with Crippen molar-refractivity contribution in [2.45, 2.75) is 59.2 Å². The summed E-state index contributed by atoms with van der Waals surface area (Å²) < 4.78 is 52.0. The van der Waals surface area contributed by atoms with E-state index in [1.807, 2.05) is 19.9 Å². The van der Waals surface area contributed by atoms with Gasteiger partial charge in [0.1, 0.15) is 18.1 Å². The number of rotatable bonds is 8. The first-order valence-electron chi connectivity index (χ1n) is 9.86. The van der Waals surface area contributed by atoms with Gasteiger partial charge in [0.15, 0.2) is 0 Å². The second-order valence-electron chi connectivity index (χ2n) is 6.85. The number of halogens is 3. The lowest BCUT2D eigenvalue weighted by Gasteiger charge is -2.26.